The summed E-state index contributed by atoms with van der Waals surface area (Å²) in [5, 5.41) is 3.23. The second-order valence-electron chi connectivity index (χ2n) is 8.65. The molecule has 0 heterocycles. The van der Waals surface area contributed by atoms with E-state index in [1.54, 1.807) is 11.9 Å². The monoisotopic (exact) mass is 412 g/mol. The molecule has 1 N–H and O–H groups in total. The van der Waals surface area contributed by atoms with Gasteiger partial charge in [0.2, 0.25) is 11.8 Å². The van der Waals surface area contributed by atoms with Crippen molar-refractivity contribution < 1.29 is 9.59 Å². The van der Waals surface area contributed by atoms with Gasteiger partial charge in [0.05, 0.1) is 0 Å². The van der Waals surface area contributed by atoms with E-state index in [9.17, 15) is 9.59 Å². The van der Waals surface area contributed by atoms with Gasteiger partial charge in [-0.05, 0) is 37.7 Å². The summed E-state index contributed by atoms with van der Waals surface area (Å²) < 4.78 is 0. The summed E-state index contributed by atoms with van der Waals surface area (Å²) in [5.74, 6) is 0.0619. The molecule has 0 aliphatic heterocycles. The van der Waals surface area contributed by atoms with Crippen LogP contribution in [0.2, 0.25) is 0 Å². The number of allylic oxidation sites excluding steroid dienone is 1. The van der Waals surface area contributed by atoms with Gasteiger partial charge in [-0.25, -0.2) is 0 Å². The predicted molar refractivity (Wildman–Crippen MR) is 124 cm³/mol. The first kappa shape index (κ1) is 24.2. The third-order valence-corrected chi connectivity index (χ3v) is 6.19. The Morgan fingerprint density at radius 1 is 1.07 bits per heavy atom. The summed E-state index contributed by atoms with van der Waals surface area (Å²) in [4.78, 5) is 27.6. The second kappa shape index (κ2) is 14.0. The average Bonchev–Trinajstić information content (AvgIpc) is 2.77. The van der Waals surface area contributed by atoms with Gasteiger partial charge in [-0.1, -0.05) is 74.9 Å². The zero-order valence-corrected chi connectivity index (χ0v) is 18.8. The summed E-state index contributed by atoms with van der Waals surface area (Å²) in [7, 11) is 1.79. The molecular formula is C26H40N2O2. The van der Waals surface area contributed by atoms with E-state index in [1.165, 1.54) is 32.1 Å². The minimum atomic E-state index is -0.450. The number of benzene rings is 1. The highest BCUT2D eigenvalue weighted by atomic mass is 16.2. The maximum Gasteiger partial charge on any atom is 0.243 e. The fraction of sp³-hybridized carbons (Fsp3) is 0.615. The van der Waals surface area contributed by atoms with E-state index < -0.39 is 6.04 Å². The van der Waals surface area contributed by atoms with Crippen molar-refractivity contribution in [1.29, 1.82) is 0 Å². The summed E-state index contributed by atoms with van der Waals surface area (Å²) >= 11 is 0. The highest BCUT2D eigenvalue weighted by molar-refractivity contribution is 5.88. The number of nitrogens with zero attached hydrogens (tertiary/aromatic N) is 1. The molecule has 1 atom stereocenters. The van der Waals surface area contributed by atoms with Crippen molar-refractivity contribution in [1.82, 2.24) is 10.2 Å². The van der Waals surface area contributed by atoms with Crippen LogP contribution in [0.5, 0.6) is 0 Å². The molecule has 1 aromatic carbocycles. The van der Waals surface area contributed by atoms with Crippen molar-refractivity contribution in [3.8, 4) is 0 Å². The molecule has 2 rings (SSSR count). The number of hydrogen-bond acceptors (Lipinski definition) is 2. The van der Waals surface area contributed by atoms with Gasteiger partial charge < -0.3 is 10.2 Å². The van der Waals surface area contributed by atoms with Crippen molar-refractivity contribution in [2.24, 2.45) is 0 Å². The molecule has 4 nitrogen and oxygen atoms in total. The van der Waals surface area contributed by atoms with E-state index in [2.05, 4.69) is 11.9 Å². The van der Waals surface area contributed by atoms with Crippen LogP contribution in [-0.2, 0) is 16.0 Å². The predicted octanol–water partition coefficient (Wildman–Crippen LogP) is 5.42. The lowest BCUT2D eigenvalue weighted by Gasteiger charge is -2.31. The number of rotatable bonds is 13. The Labute approximate surface area is 183 Å². The minimum Gasteiger partial charge on any atom is -0.352 e. The SMILES string of the molecule is C=CCCCCCCCC(=O)N(C)[C@@H](Cc1ccccc1)C(=O)NC1CCCCC1. The smallest absolute Gasteiger partial charge is 0.243 e. The van der Waals surface area contributed by atoms with Gasteiger partial charge in [-0.15, -0.1) is 6.58 Å². The quantitative estimate of drug-likeness (QED) is 0.347. The van der Waals surface area contributed by atoms with Gasteiger partial charge in [-0.3, -0.25) is 9.59 Å². The number of nitrogens with one attached hydrogen (secondary N) is 1. The first-order valence-corrected chi connectivity index (χ1v) is 11.8. The topological polar surface area (TPSA) is 49.4 Å². The Kier molecular flexibility index (Phi) is 11.3. The Morgan fingerprint density at radius 3 is 2.43 bits per heavy atom. The molecule has 0 bridgehead atoms. The van der Waals surface area contributed by atoms with E-state index >= 15 is 0 Å². The maximum atomic E-state index is 13.1. The Hall–Kier alpha value is -2.10. The van der Waals surface area contributed by atoms with Crippen molar-refractivity contribution in [3.63, 3.8) is 0 Å². The second-order valence-corrected chi connectivity index (χ2v) is 8.65. The number of carbonyl (C=O) groups excluding carboxylic acids is 2. The minimum absolute atomic E-state index is 0.00831. The number of unbranched alkanes of at least 4 members (excludes halogenated alkanes) is 5. The van der Waals surface area contributed by atoms with Crippen LogP contribution in [0.25, 0.3) is 0 Å². The van der Waals surface area contributed by atoms with Gasteiger partial charge in [-0.2, -0.15) is 0 Å². The molecule has 0 unspecified atom stereocenters. The van der Waals surface area contributed by atoms with Gasteiger partial charge in [0.15, 0.2) is 0 Å². The molecule has 30 heavy (non-hydrogen) atoms. The molecule has 2 amide bonds. The first-order valence-electron chi connectivity index (χ1n) is 11.8. The normalized spacial score (nSPS) is 15.4. The van der Waals surface area contributed by atoms with Crippen LogP contribution in [-0.4, -0.2) is 35.8 Å². The average molecular weight is 413 g/mol. The fourth-order valence-corrected chi connectivity index (χ4v) is 4.23. The molecule has 0 aromatic heterocycles. The van der Waals surface area contributed by atoms with E-state index in [1.807, 2.05) is 36.4 Å². The summed E-state index contributed by atoms with van der Waals surface area (Å²) in [6, 6.07) is 9.81. The standard InChI is InChI=1S/C26H40N2O2/c1-3-4-5-6-7-8-15-20-25(29)28(2)24(21-22-16-11-9-12-17-22)26(30)27-23-18-13-10-14-19-23/h3,9,11-12,16-17,23-24H,1,4-8,10,13-15,18-21H2,2H3,(H,27,30)/t24-/m0/s1. The van der Waals surface area contributed by atoms with Gasteiger partial charge >= 0.3 is 0 Å². The molecule has 0 radical (unpaired) electrons. The molecule has 0 spiro atoms. The molecule has 1 aliphatic rings. The molecule has 1 aliphatic carbocycles. The Bertz CT molecular complexity index is 638. The van der Waals surface area contributed by atoms with Crippen LogP contribution < -0.4 is 5.32 Å². The summed E-state index contributed by atoms with van der Waals surface area (Å²) in [6.07, 6.45) is 15.3. The molecule has 4 heteroatoms. The van der Waals surface area contributed by atoms with Crippen LogP contribution in [0.4, 0.5) is 0 Å². The third kappa shape index (κ3) is 8.73. The third-order valence-electron chi connectivity index (χ3n) is 6.19. The van der Waals surface area contributed by atoms with Crippen LogP contribution in [0.15, 0.2) is 43.0 Å². The number of amides is 2. The van der Waals surface area contributed by atoms with E-state index in [-0.39, 0.29) is 17.9 Å². The molecule has 1 saturated carbocycles. The fourth-order valence-electron chi connectivity index (χ4n) is 4.23. The van der Waals surface area contributed by atoms with Gasteiger partial charge in [0.1, 0.15) is 6.04 Å². The van der Waals surface area contributed by atoms with Crippen LogP contribution in [0, 0.1) is 0 Å². The zero-order chi connectivity index (χ0) is 21.6. The maximum absolute atomic E-state index is 13.1. The molecule has 0 saturated heterocycles. The largest absolute Gasteiger partial charge is 0.352 e. The highest BCUT2D eigenvalue weighted by Gasteiger charge is 2.28. The highest BCUT2D eigenvalue weighted by Crippen LogP contribution is 2.19. The van der Waals surface area contributed by atoms with Crippen LogP contribution in [0.3, 0.4) is 0 Å². The van der Waals surface area contributed by atoms with Crippen LogP contribution >= 0.6 is 0 Å². The lowest BCUT2D eigenvalue weighted by molar-refractivity contribution is -0.139. The van der Waals surface area contributed by atoms with Crippen molar-refractivity contribution in [3.05, 3.63) is 48.6 Å². The van der Waals surface area contributed by atoms with E-state index in [0.717, 1.165) is 44.1 Å². The number of hydrogen-bond donors (Lipinski definition) is 1. The lowest BCUT2D eigenvalue weighted by Crippen LogP contribution is -2.51. The zero-order valence-electron chi connectivity index (χ0n) is 18.8. The Balaban J connectivity index is 1.89. The summed E-state index contributed by atoms with van der Waals surface area (Å²) in [6.45, 7) is 3.75. The van der Waals surface area contributed by atoms with Crippen LogP contribution in [0.1, 0.15) is 82.6 Å². The van der Waals surface area contributed by atoms with E-state index in [0.29, 0.717) is 12.8 Å². The van der Waals surface area contributed by atoms with Gasteiger partial charge in [0, 0.05) is 25.9 Å². The van der Waals surface area contributed by atoms with Crippen molar-refractivity contribution in [2.75, 3.05) is 7.05 Å². The first-order chi connectivity index (χ1) is 14.6. The van der Waals surface area contributed by atoms with Crippen molar-refractivity contribution >= 4 is 11.8 Å². The molecule has 1 fully saturated rings. The summed E-state index contributed by atoms with van der Waals surface area (Å²) in [5.41, 5.74) is 1.09. The molecule has 1 aromatic rings. The lowest BCUT2D eigenvalue weighted by atomic mass is 9.94. The van der Waals surface area contributed by atoms with Crippen molar-refractivity contribution in [2.45, 2.75) is 95.6 Å². The molecule has 166 valence electrons. The number of carbonyl (C=O) groups is 2. The van der Waals surface area contributed by atoms with E-state index in [4.69, 9.17) is 0 Å². The van der Waals surface area contributed by atoms with Gasteiger partial charge in [0.25, 0.3) is 0 Å². The number of likely N-dealkylation sites (N-methyl/N-ethyl adjacent to an activating group) is 1. The Morgan fingerprint density at radius 2 is 1.73 bits per heavy atom. The molecular weight excluding hydrogens is 372 g/mol.